The number of ketones is 2. The Labute approximate surface area is 121 Å². The molecule has 0 spiro atoms. The van der Waals surface area contributed by atoms with E-state index in [2.05, 4.69) is 6.08 Å². The number of allylic oxidation sites excluding steroid dienone is 2. The van der Waals surface area contributed by atoms with Gasteiger partial charge in [-0.3, -0.25) is 9.59 Å². The molecule has 1 rings (SSSR count). The second-order valence-corrected chi connectivity index (χ2v) is 7.48. The van der Waals surface area contributed by atoms with Crippen LogP contribution in [0.25, 0.3) is 0 Å². The van der Waals surface area contributed by atoms with Crippen molar-refractivity contribution in [2.24, 2.45) is 16.7 Å². The van der Waals surface area contributed by atoms with Crippen LogP contribution in [-0.2, 0) is 9.59 Å². The maximum absolute atomic E-state index is 12.2. The van der Waals surface area contributed by atoms with Crippen LogP contribution in [0.2, 0.25) is 0 Å². The minimum absolute atomic E-state index is 0.0667. The number of Topliss-reactive ketones (excluding diaryl/α,β-unsaturated/α-hetero) is 2. The van der Waals surface area contributed by atoms with Crippen molar-refractivity contribution in [3.8, 4) is 0 Å². The summed E-state index contributed by atoms with van der Waals surface area (Å²) in [6, 6.07) is 0. The Balaban J connectivity index is 2.73. The molecule has 0 saturated carbocycles. The summed E-state index contributed by atoms with van der Waals surface area (Å²) in [5.41, 5.74) is 0.220. The lowest BCUT2D eigenvalue weighted by atomic mass is 9.79. The maximum atomic E-state index is 12.2. The number of carbonyl (C=O) groups is 2. The average molecular weight is 285 g/mol. The highest BCUT2D eigenvalue weighted by Gasteiger charge is 2.33. The Morgan fingerprint density at radius 2 is 1.84 bits per heavy atom. The van der Waals surface area contributed by atoms with Crippen LogP contribution >= 0.6 is 11.6 Å². The minimum Gasteiger partial charge on any atom is -0.298 e. The first-order valence-electron chi connectivity index (χ1n) is 6.92. The van der Waals surface area contributed by atoms with Gasteiger partial charge in [0.2, 0.25) is 0 Å². The zero-order valence-corrected chi connectivity index (χ0v) is 13.4. The van der Waals surface area contributed by atoms with Crippen LogP contribution in [0.15, 0.2) is 11.6 Å². The summed E-state index contributed by atoms with van der Waals surface area (Å²) in [4.78, 5) is 24.0. The van der Waals surface area contributed by atoms with Crippen LogP contribution in [0.3, 0.4) is 0 Å². The van der Waals surface area contributed by atoms with Crippen molar-refractivity contribution < 1.29 is 9.59 Å². The third-order valence-electron chi connectivity index (χ3n) is 3.84. The standard InChI is InChI=1S/C16H25ClO2/c1-15(2,3)14(19)12-7-6-11(8-12)9-16(4,5)13(18)10-17/h8,11H,6-7,9-10H2,1-5H3. The summed E-state index contributed by atoms with van der Waals surface area (Å²) in [5, 5.41) is 0. The van der Waals surface area contributed by atoms with Crippen molar-refractivity contribution in [3.05, 3.63) is 11.6 Å². The van der Waals surface area contributed by atoms with Gasteiger partial charge in [-0.05, 0) is 30.8 Å². The zero-order chi connectivity index (χ0) is 14.8. The molecule has 2 nitrogen and oxygen atoms in total. The Kier molecular flexibility index (Phi) is 5.00. The van der Waals surface area contributed by atoms with E-state index in [1.54, 1.807) is 0 Å². The van der Waals surface area contributed by atoms with Crippen LogP contribution in [0.4, 0.5) is 0 Å². The lowest BCUT2D eigenvalue weighted by Crippen LogP contribution is -2.27. The highest BCUT2D eigenvalue weighted by molar-refractivity contribution is 6.28. The van der Waals surface area contributed by atoms with Crippen LogP contribution in [0, 0.1) is 16.7 Å². The van der Waals surface area contributed by atoms with Gasteiger partial charge in [0.25, 0.3) is 0 Å². The largest absolute Gasteiger partial charge is 0.298 e. The molecule has 0 heterocycles. The monoisotopic (exact) mass is 284 g/mol. The summed E-state index contributed by atoms with van der Waals surface area (Å²) in [6.07, 6.45) is 4.67. The van der Waals surface area contributed by atoms with E-state index in [0.29, 0.717) is 5.92 Å². The van der Waals surface area contributed by atoms with E-state index in [0.717, 1.165) is 24.8 Å². The average Bonchev–Trinajstić information content (AvgIpc) is 2.73. The molecular weight excluding hydrogens is 260 g/mol. The summed E-state index contributed by atoms with van der Waals surface area (Å²) < 4.78 is 0. The molecule has 1 unspecified atom stereocenters. The normalized spacial score (nSPS) is 20.3. The SMILES string of the molecule is CC(C)(C)C(=O)C1=CC(CC(C)(C)C(=O)CCl)CC1. The molecule has 0 aliphatic heterocycles. The van der Waals surface area contributed by atoms with Gasteiger partial charge in [-0.25, -0.2) is 0 Å². The number of alkyl halides is 1. The van der Waals surface area contributed by atoms with E-state index in [1.165, 1.54) is 0 Å². The van der Waals surface area contributed by atoms with E-state index in [-0.39, 0.29) is 22.9 Å². The molecule has 0 amide bonds. The summed E-state index contributed by atoms with van der Waals surface area (Å²) in [7, 11) is 0. The van der Waals surface area contributed by atoms with Gasteiger partial charge in [0.15, 0.2) is 11.6 Å². The third-order valence-corrected chi connectivity index (χ3v) is 4.09. The molecule has 0 aromatic carbocycles. The Hall–Kier alpha value is -0.630. The molecule has 1 atom stereocenters. The molecule has 0 aromatic heterocycles. The molecule has 1 aliphatic carbocycles. The van der Waals surface area contributed by atoms with E-state index >= 15 is 0 Å². The van der Waals surface area contributed by atoms with Gasteiger partial charge < -0.3 is 0 Å². The predicted molar refractivity (Wildman–Crippen MR) is 79.4 cm³/mol. The Bertz CT molecular complexity index is 399. The molecule has 1 aliphatic rings. The zero-order valence-electron chi connectivity index (χ0n) is 12.7. The Morgan fingerprint density at radius 3 is 2.32 bits per heavy atom. The van der Waals surface area contributed by atoms with Crippen molar-refractivity contribution in [1.29, 1.82) is 0 Å². The molecule has 0 fully saturated rings. The first-order valence-corrected chi connectivity index (χ1v) is 7.46. The minimum atomic E-state index is -0.400. The first kappa shape index (κ1) is 16.4. The molecule has 0 saturated heterocycles. The fraction of sp³-hybridized carbons (Fsp3) is 0.750. The predicted octanol–water partition coefficient (Wildman–Crippen LogP) is 4.16. The molecular formula is C16H25ClO2. The van der Waals surface area contributed by atoms with Crippen molar-refractivity contribution in [3.63, 3.8) is 0 Å². The molecule has 0 bridgehead atoms. The lowest BCUT2D eigenvalue weighted by molar-refractivity contribution is -0.125. The van der Waals surface area contributed by atoms with E-state index in [4.69, 9.17) is 11.6 Å². The second kappa shape index (κ2) is 5.78. The second-order valence-electron chi connectivity index (χ2n) is 7.21. The van der Waals surface area contributed by atoms with E-state index < -0.39 is 5.41 Å². The third kappa shape index (κ3) is 4.17. The fourth-order valence-corrected chi connectivity index (χ4v) is 2.94. The van der Waals surface area contributed by atoms with Crippen molar-refractivity contribution in [2.75, 3.05) is 5.88 Å². The van der Waals surface area contributed by atoms with Gasteiger partial charge in [0, 0.05) is 10.8 Å². The molecule has 0 radical (unpaired) electrons. The van der Waals surface area contributed by atoms with Gasteiger partial charge in [0.1, 0.15) is 0 Å². The van der Waals surface area contributed by atoms with Gasteiger partial charge in [-0.15, -0.1) is 11.6 Å². The Morgan fingerprint density at radius 1 is 1.26 bits per heavy atom. The number of carbonyl (C=O) groups excluding carboxylic acids is 2. The number of rotatable bonds is 5. The summed E-state index contributed by atoms with van der Waals surface area (Å²) >= 11 is 5.64. The van der Waals surface area contributed by atoms with E-state index in [9.17, 15) is 9.59 Å². The molecule has 0 aromatic rings. The first-order chi connectivity index (χ1) is 8.58. The lowest BCUT2D eigenvalue weighted by Gasteiger charge is -2.24. The van der Waals surface area contributed by atoms with Gasteiger partial charge >= 0.3 is 0 Å². The van der Waals surface area contributed by atoms with Crippen LogP contribution in [0.5, 0.6) is 0 Å². The number of hydrogen-bond acceptors (Lipinski definition) is 2. The molecule has 19 heavy (non-hydrogen) atoms. The van der Waals surface area contributed by atoms with Gasteiger partial charge in [-0.1, -0.05) is 40.7 Å². The van der Waals surface area contributed by atoms with Crippen LogP contribution in [-0.4, -0.2) is 17.4 Å². The maximum Gasteiger partial charge on any atom is 0.163 e. The van der Waals surface area contributed by atoms with Crippen LogP contribution < -0.4 is 0 Å². The van der Waals surface area contributed by atoms with Gasteiger partial charge in [0.05, 0.1) is 5.88 Å². The van der Waals surface area contributed by atoms with Crippen molar-refractivity contribution in [2.45, 2.75) is 53.9 Å². The molecule has 0 N–H and O–H groups in total. The van der Waals surface area contributed by atoms with Gasteiger partial charge in [-0.2, -0.15) is 0 Å². The van der Waals surface area contributed by atoms with E-state index in [1.807, 2.05) is 34.6 Å². The number of hydrogen-bond donors (Lipinski definition) is 0. The smallest absolute Gasteiger partial charge is 0.163 e. The summed E-state index contributed by atoms with van der Waals surface area (Å²) in [6.45, 7) is 9.73. The quantitative estimate of drug-likeness (QED) is 0.710. The number of halogens is 1. The van der Waals surface area contributed by atoms with Crippen molar-refractivity contribution in [1.82, 2.24) is 0 Å². The fourth-order valence-electron chi connectivity index (χ4n) is 2.57. The topological polar surface area (TPSA) is 34.1 Å². The highest BCUT2D eigenvalue weighted by Crippen LogP contribution is 2.37. The van der Waals surface area contributed by atoms with Crippen LogP contribution in [0.1, 0.15) is 53.9 Å². The summed E-state index contributed by atoms with van der Waals surface area (Å²) in [5.74, 6) is 0.704. The highest BCUT2D eigenvalue weighted by atomic mass is 35.5. The van der Waals surface area contributed by atoms with Crippen molar-refractivity contribution >= 4 is 23.2 Å². The molecule has 3 heteroatoms. The molecule has 108 valence electrons.